The Hall–Kier alpha value is -1.55. The van der Waals surface area contributed by atoms with Crippen molar-refractivity contribution in [1.82, 2.24) is 16.0 Å². The number of ether oxygens (including phenoxy) is 2. The quantitative estimate of drug-likeness (QED) is 0.176. The van der Waals surface area contributed by atoms with Crippen molar-refractivity contribution in [1.29, 1.82) is 0 Å². The summed E-state index contributed by atoms with van der Waals surface area (Å²) in [6.07, 6.45) is 0.890. The van der Waals surface area contributed by atoms with Crippen LogP contribution >= 0.6 is 24.0 Å². The summed E-state index contributed by atoms with van der Waals surface area (Å²) in [7, 11) is 1.63. The fourth-order valence-electron chi connectivity index (χ4n) is 2.19. The van der Waals surface area contributed by atoms with Gasteiger partial charge in [-0.05, 0) is 37.0 Å². The molecule has 0 saturated heterocycles. The number of aliphatic imine (C=N–C) groups is 1. The van der Waals surface area contributed by atoms with Gasteiger partial charge in [0.15, 0.2) is 5.96 Å². The van der Waals surface area contributed by atoms with Crippen LogP contribution in [-0.4, -0.2) is 51.8 Å². The number of nitrogens with zero attached hydrogens (tertiary/aromatic N) is 1. The van der Waals surface area contributed by atoms with Crippen LogP contribution < -0.4 is 20.7 Å². The summed E-state index contributed by atoms with van der Waals surface area (Å²) >= 11 is 0. The first kappa shape index (κ1) is 26.4. The molecule has 3 N–H and O–H groups in total. The van der Waals surface area contributed by atoms with Crippen molar-refractivity contribution in [3.63, 3.8) is 0 Å². The van der Waals surface area contributed by atoms with Crippen molar-refractivity contribution in [2.45, 2.75) is 33.7 Å². The Labute approximate surface area is 186 Å². The Bertz CT molecular complexity index is 565. The third kappa shape index (κ3) is 12.8. The molecule has 0 unspecified atom stereocenters. The fourth-order valence-corrected chi connectivity index (χ4v) is 2.19. The van der Waals surface area contributed by atoms with E-state index in [9.17, 15) is 4.79 Å². The van der Waals surface area contributed by atoms with Gasteiger partial charge in [-0.25, -0.2) is 4.99 Å². The summed E-state index contributed by atoms with van der Waals surface area (Å²) in [6, 6.07) is 7.60. The van der Waals surface area contributed by atoms with E-state index >= 15 is 0 Å². The molecule has 0 fully saturated rings. The third-order valence-corrected chi connectivity index (χ3v) is 3.58. The number of benzene rings is 1. The molecule has 0 spiro atoms. The van der Waals surface area contributed by atoms with Crippen molar-refractivity contribution in [3.8, 4) is 5.75 Å². The SMILES string of the molecule is CCNC(=NCC(=O)NCc1ccc(OC)cc1)NCCCOCC(C)C.I. The highest BCUT2D eigenvalue weighted by molar-refractivity contribution is 14.0. The van der Waals surface area contributed by atoms with Crippen molar-refractivity contribution in [2.75, 3.05) is 40.0 Å². The maximum atomic E-state index is 12.0. The second-order valence-corrected chi connectivity index (χ2v) is 6.57. The maximum absolute atomic E-state index is 12.0. The summed E-state index contributed by atoms with van der Waals surface area (Å²) in [5.41, 5.74) is 1.01. The minimum absolute atomic E-state index is 0. The molecule has 0 aliphatic heterocycles. The number of rotatable bonds is 12. The van der Waals surface area contributed by atoms with Gasteiger partial charge >= 0.3 is 0 Å². The van der Waals surface area contributed by atoms with Crippen molar-refractivity contribution in [2.24, 2.45) is 10.9 Å². The van der Waals surface area contributed by atoms with Gasteiger partial charge in [-0.3, -0.25) is 4.79 Å². The number of carbonyl (C=O) groups is 1. The average molecular weight is 506 g/mol. The highest BCUT2D eigenvalue weighted by atomic mass is 127. The lowest BCUT2D eigenvalue weighted by atomic mass is 10.2. The lowest BCUT2D eigenvalue weighted by Gasteiger charge is -2.12. The first-order chi connectivity index (χ1) is 13.0. The highest BCUT2D eigenvalue weighted by Crippen LogP contribution is 2.10. The van der Waals surface area contributed by atoms with E-state index < -0.39 is 0 Å². The van der Waals surface area contributed by atoms with E-state index in [0.29, 0.717) is 25.0 Å². The first-order valence-corrected chi connectivity index (χ1v) is 9.54. The summed E-state index contributed by atoms with van der Waals surface area (Å²) in [5.74, 6) is 1.86. The molecule has 1 amide bonds. The first-order valence-electron chi connectivity index (χ1n) is 9.54. The molecule has 0 aromatic heterocycles. The summed E-state index contributed by atoms with van der Waals surface area (Å²) in [6.45, 7) is 9.79. The Morgan fingerprint density at radius 1 is 1.14 bits per heavy atom. The van der Waals surface area contributed by atoms with Gasteiger partial charge in [-0.2, -0.15) is 0 Å². The van der Waals surface area contributed by atoms with Crippen LogP contribution in [0.5, 0.6) is 5.75 Å². The molecule has 28 heavy (non-hydrogen) atoms. The fraction of sp³-hybridized carbons (Fsp3) is 0.600. The molecule has 1 aromatic carbocycles. The molecular weight excluding hydrogens is 471 g/mol. The standard InChI is InChI=1S/C20H34N4O3.HI/c1-5-21-20(22-11-6-12-27-15-16(2)3)24-14-19(25)23-13-17-7-9-18(26-4)10-8-17;/h7-10,16H,5-6,11-15H2,1-4H3,(H,23,25)(H2,21,22,24);1H. The van der Waals surface area contributed by atoms with Gasteiger partial charge in [0.1, 0.15) is 12.3 Å². The van der Waals surface area contributed by atoms with E-state index in [4.69, 9.17) is 9.47 Å². The molecule has 8 heteroatoms. The van der Waals surface area contributed by atoms with Gasteiger partial charge in [0, 0.05) is 32.8 Å². The molecule has 160 valence electrons. The lowest BCUT2D eigenvalue weighted by Crippen LogP contribution is -2.39. The Morgan fingerprint density at radius 3 is 2.46 bits per heavy atom. The topological polar surface area (TPSA) is 84.0 Å². The zero-order valence-electron chi connectivity index (χ0n) is 17.4. The zero-order chi connectivity index (χ0) is 19.9. The van der Waals surface area contributed by atoms with Crippen LogP contribution in [0.15, 0.2) is 29.3 Å². The summed E-state index contributed by atoms with van der Waals surface area (Å²) < 4.78 is 10.7. The third-order valence-electron chi connectivity index (χ3n) is 3.58. The number of guanidine groups is 1. The van der Waals surface area contributed by atoms with Crippen molar-refractivity contribution in [3.05, 3.63) is 29.8 Å². The smallest absolute Gasteiger partial charge is 0.242 e. The number of nitrogens with one attached hydrogen (secondary N) is 3. The van der Waals surface area contributed by atoms with Crippen LogP contribution in [0.1, 0.15) is 32.8 Å². The molecular formula is C20H35IN4O3. The normalized spacial score (nSPS) is 11.0. The van der Waals surface area contributed by atoms with Crippen LogP contribution in [-0.2, 0) is 16.1 Å². The largest absolute Gasteiger partial charge is 0.497 e. The number of hydrogen-bond acceptors (Lipinski definition) is 4. The number of hydrogen-bond donors (Lipinski definition) is 3. The van der Waals surface area contributed by atoms with E-state index in [-0.39, 0.29) is 36.4 Å². The van der Waals surface area contributed by atoms with Gasteiger partial charge in [0.05, 0.1) is 7.11 Å². The maximum Gasteiger partial charge on any atom is 0.242 e. The molecule has 0 bridgehead atoms. The van der Waals surface area contributed by atoms with Gasteiger partial charge in [-0.15, -0.1) is 24.0 Å². The van der Waals surface area contributed by atoms with E-state index in [0.717, 1.165) is 37.4 Å². The molecule has 7 nitrogen and oxygen atoms in total. The molecule has 0 aliphatic carbocycles. The molecule has 1 rings (SSSR count). The molecule has 0 atom stereocenters. The number of methoxy groups -OCH3 is 1. The Balaban J connectivity index is 0.00000729. The van der Waals surface area contributed by atoms with E-state index in [1.54, 1.807) is 7.11 Å². The number of carbonyl (C=O) groups excluding carboxylic acids is 1. The zero-order valence-corrected chi connectivity index (χ0v) is 19.7. The predicted molar refractivity (Wildman–Crippen MR) is 125 cm³/mol. The molecule has 1 aromatic rings. The van der Waals surface area contributed by atoms with Crippen molar-refractivity contribution < 1.29 is 14.3 Å². The van der Waals surface area contributed by atoms with Gasteiger partial charge in [0.25, 0.3) is 0 Å². The number of halogens is 1. The summed E-state index contributed by atoms with van der Waals surface area (Å²) in [4.78, 5) is 16.3. The van der Waals surface area contributed by atoms with E-state index in [1.165, 1.54) is 0 Å². The molecule has 0 aliphatic rings. The molecule has 0 radical (unpaired) electrons. The van der Waals surface area contributed by atoms with Gasteiger partial charge < -0.3 is 25.4 Å². The van der Waals surface area contributed by atoms with Crippen LogP contribution in [0.2, 0.25) is 0 Å². The second kappa shape index (κ2) is 16.4. The number of amides is 1. The minimum atomic E-state index is -0.122. The monoisotopic (exact) mass is 506 g/mol. The minimum Gasteiger partial charge on any atom is -0.497 e. The average Bonchev–Trinajstić information content (AvgIpc) is 2.67. The molecule has 0 heterocycles. The highest BCUT2D eigenvalue weighted by Gasteiger charge is 2.03. The van der Waals surface area contributed by atoms with Crippen LogP contribution in [0.25, 0.3) is 0 Å². The van der Waals surface area contributed by atoms with Crippen molar-refractivity contribution >= 4 is 35.8 Å². The van der Waals surface area contributed by atoms with Crippen LogP contribution in [0.3, 0.4) is 0 Å². The lowest BCUT2D eigenvalue weighted by molar-refractivity contribution is -0.119. The van der Waals surface area contributed by atoms with Gasteiger partial charge in [0.2, 0.25) is 5.91 Å². The summed E-state index contributed by atoms with van der Waals surface area (Å²) in [5, 5.41) is 9.22. The van der Waals surface area contributed by atoms with E-state index in [2.05, 4.69) is 34.8 Å². The van der Waals surface area contributed by atoms with Gasteiger partial charge in [-0.1, -0.05) is 26.0 Å². The Kier molecular flexibility index (Phi) is 15.5. The predicted octanol–water partition coefficient (Wildman–Crippen LogP) is 2.55. The Morgan fingerprint density at radius 2 is 1.86 bits per heavy atom. The van der Waals surface area contributed by atoms with Crippen LogP contribution in [0, 0.1) is 5.92 Å². The molecule has 0 saturated carbocycles. The van der Waals surface area contributed by atoms with Crippen LogP contribution in [0.4, 0.5) is 0 Å². The second-order valence-electron chi connectivity index (χ2n) is 6.57. The van der Waals surface area contributed by atoms with E-state index in [1.807, 2.05) is 31.2 Å².